The molecule has 2 heterocycles. The summed E-state index contributed by atoms with van der Waals surface area (Å²) in [6, 6.07) is 3.60. The van der Waals surface area contributed by atoms with Crippen molar-refractivity contribution >= 4 is 11.0 Å². The van der Waals surface area contributed by atoms with Crippen LogP contribution in [0.15, 0.2) is 23.1 Å². The molecule has 4 aliphatic rings. The molecule has 7 atom stereocenters. The number of pyridine rings is 1. The smallest absolute Gasteiger partial charge is 0.260 e. The van der Waals surface area contributed by atoms with Gasteiger partial charge in [0.15, 0.2) is 5.65 Å². The third kappa shape index (κ3) is 3.49. The second-order valence-corrected chi connectivity index (χ2v) is 12.5. The summed E-state index contributed by atoms with van der Waals surface area (Å²) in [6.45, 7) is 5.34. The highest BCUT2D eigenvalue weighted by atomic mass is 16.1. The summed E-state index contributed by atoms with van der Waals surface area (Å²) in [5, 5.41) is 0.588. The van der Waals surface area contributed by atoms with Gasteiger partial charge in [-0.15, -0.1) is 0 Å². The van der Waals surface area contributed by atoms with Crippen LogP contribution in [0.1, 0.15) is 96.7 Å². The highest BCUT2D eigenvalue weighted by Crippen LogP contribution is 2.67. The van der Waals surface area contributed by atoms with Crippen molar-refractivity contribution < 1.29 is 0 Å². The fraction of sp³-hybridized carbons (Fsp3) is 0.759. The lowest BCUT2D eigenvalue weighted by molar-refractivity contribution is -0.111. The lowest BCUT2D eigenvalue weighted by Gasteiger charge is -2.60. The molecule has 4 fully saturated rings. The molecule has 4 aliphatic carbocycles. The van der Waals surface area contributed by atoms with Crippen molar-refractivity contribution in [2.24, 2.45) is 40.4 Å². The molecule has 0 aliphatic heterocycles. The number of hydrogen-bond donors (Lipinski definition) is 1. The number of nitrogens with one attached hydrogen (secondary N) is 1. The highest BCUT2D eigenvalue weighted by Gasteiger charge is 2.59. The van der Waals surface area contributed by atoms with Crippen LogP contribution in [0.4, 0.5) is 0 Å². The highest BCUT2D eigenvalue weighted by molar-refractivity contribution is 5.72. The quantitative estimate of drug-likeness (QED) is 0.568. The van der Waals surface area contributed by atoms with Gasteiger partial charge in [-0.05, 0) is 117 Å². The maximum atomic E-state index is 12.4. The standard InChI is InChI=1S/C29H41N3O/c1-28-16-4-3-7-19(28)11-13-21-23-14-12-20(29(23,2)17-15-24(21)28)8-5-10-25-31-26-22(27(33)32-25)9-6-18-30-26/h6,9,18-21,23-24H,3-5,7-8,10-17H2,1-2H3,(H,30,31,32,33). The molecular formula is C29H41N3O. The lowest BCUT2D eigenvalue weighted by Crippen LogP contribution is -2.52. The van der Waals surface area contributed by atoms with Gasteiger partial charge in [0.05, 0.1) is 5.39 Å². The normalized spacial score (nSPS) is 40.2. The summed E-state index contributed by atoms with van der Waals surface area (Å²) < 4.78 is 0. The van der Waals surface area contributed by atoms with E-state index in [0.717, 1.165) is 48.3 Å². The molecule has 6 rings (SSSR count). The summed E-state index contributed by atoms with van der Waals surface area (Å²) in [4.78, 5) is 24.3. The van der Waals surface area contributed by atoms with Crippen LogP contribution in [0.3, 0.4) is 0 Å². The number of H-pyrrole nitrogens is 1. The fourth-order valence-electron chi connectivity index (χ4n) is 9.53. The van der Waals surface area contributed by atoms with E-state index in [1.54, 1.807) is 18.3 Å². The van der Waals surface area contributed by atoms with Crippen molar-refractivity contribution in [1.29, 1.82) is 0 Å². The largest absolute Gasteiger partial charge is 0.310 e. The Labute approximate surface area is 198 Å². The van der Waals surface area contributed by atoms with Crippen LogP contribution >= 0.6 is 0 Å². The van der Waals surface area contributed by atoms with Gasteiger partial charge < -0.3 is 4.98 Å². The van der Waals surface area contributed by atoms with E-state index < -0.39 is 0 Å². The van der Waals surface area contributed by atoms with Crippen LogP contribution < -0.4 is 5.56 Å². The molecular weight excluding hydrogens is 406 g/mol. The number of aryl methyl sites for hydroxylation is 1. The van der Waals surface area contributed by atoms with Crippen molar-refractivity contribution in [3.05, 3.63) is 34.5 Å². The van der Waals surface area contributed by atoms with E-state index in [1.165, 1.54) is 70.6 Å². The second kappa shape index (κ2) is 8.20. The van der Waals surface area contributed by atoms with Crippen LogP contribution in [0, 0.1) is 40.4 Å². The van der Waals surface area contributed by atoms with Crippen molar-refractivity contribution in [1.82, 2.24) is 15.0 Å². The molecule has 2 aromatic rings. The fourth-order valence-corrected chi connectivity index (χ4v) is 9.53. The Morgan fingerprint density at radius 3 is 2.79 bits per heavy atom. The third-order valence-corrected chi connectivity index (χ3v) is 11.3. The predicted molar refractivity (Wildman–Crippen MR) is 133 cm³/mol. The van der Waals surface area contributed by atoms with Crippen molar-refractivity contribution in [3.8, 4) is 0 Å². The number of fused-ring (bicyclic) bond motifs is 6. The van der Waals surface area contributed by atoms with E-state index in [1.807, 2.05) is 0 Å². The Bertz CT molecular complexity index is 1080. The average molecular weight is 448 g/mol. The molecule has 0 radical (unpaired) electrons. The van der Waals surface area contributed by atoms with Crippen molar-refractivity contribution in [3.63, 3.8) is 0 Å². The molecule has 0 saturated heterocycles. The van der Waals surface area contributed by atoms with E-state index in [-0.39, 0.29) is 5.56 Å². The zero-order valence-corrected chi connectivity index (χ0v) is 20.6. The summed E-state index contributed by atoms with van der Waals surface area (Å²) in [6.07, 6.45) is 19.7. The molecule has 2 aromatic heterocycles. The molecule has 33 heavy (non-hydrogen) atoms. The number of rotatable bonds is 4. The summed E-state index contributed by atoms with van der Waals surface area (Å²) in [5.41, 5.74) is 1.70. The number of aromatic amines is 1. The van der Waals surface area contributed by atoms with Gasteiger partial charge >= 0.3 is 0 Å². The first-order chi connectivity index (χ1) is 16.0. The van der Waals surface area contributed by atoms with E-state index in [9.17, 15) is 4.79 Å². The van der Waals surface area contributed by atoms with Gasteiger partial charge in [0.2, 0.25) is 0 Å². The van der Waals surface area contributed by atoms with E-state index >= 15 is 0 Å². The minimum absolute atomic E-state index is 0.0545. The van der Waals surface area contributed by atoms with Crippen LogP contribution in [0.2, 0.25) is 0 Å². The Hall–Kier alpha value is -1.71. The first kappa shape index (κ1) is 21.8. The number of aromatic nitrogens is 3. The molecule has 0 amide bonds. The number of nitrogens with zero attached hydrogens (tertiary/aromatic N) is 2. The van der Waals surface area contributed by atoms with Crippen LogP contribution in [-0.2, 0) is 6.42 Å². The van der Waals surface area contributed by atoms with E-state index in [0.29, 0.717) is 21.9 Å². The summed E-state index contributed by atoms with van der Waals surface area (Å²) in [7, 11) is 0. The van der Waals surface area contributed by atoms with E-state index in [2.05, 4.69) is 28.8 Å². The molecule has 1 N–H and O–H groups in total. The second-order valence-electron chi connectivity index (χ2n) is 12.5. The first-order valence-corrected chi connectivity index (χ1v) is 13.8. The molecule has 178 valence electrons. The maximum absolute atomic E-state index is 12.4. The SMILES string of the molecule is CC12CCCCC1CCC1C2CCC2(C)C(CCCc3nc4ncccc4c(=O)[nH]3)CCC12. The molecule has 4 nitrogen and oxygen atoms in total. The van der Waals surface area contributed by atoms with Crippen LogP contribution in [0.5, 0.6) is 0 Å². The zero-order valence-electron chi connectivity index (χ0n) is 20.6. The maximum Gasteiger partial charge on any atom is 0.260 e. The van der Waals surface area contributed by atoms with Crippen molar-refractivity contribution in [2.75, 3.05) is 0 Å². The molecule has 0 spiro atoms. The molecule has 4 heteroatoms. The summed E-state index contributed by atoms with van der Waals surface area (Å²) >= 11 is 0. The minimum atomic E-state index is -0.0545. The van der Waals surface area contributed by atoms with Gasteiger partial charge in [-0.1, -0.05) is 26.7 Å². The summed E-state index contributed by atoms with van der Waals surface area (Å²) in [5.74, 6) is 5.58. The van der Waals surface area contributed by atoms with Gasteiger partial charge in [-0.25, -0.2) is 9.97 Å². The third-order valence-electron chi connectivity index (χ3n) is 11.3. The lowest BCUT2D eigenvalue weighted by atomic mass is 9.45. The monoisotopic (exact) mass is 447 g/mol. The first-order valence-electron chi connectivity index (χ1n) is 13.8. The minimum Gasteiger partial charge on any atom is -0.310 e. The predicted octanol–water partition coefficient (Wildman–Crippen LogP) is 6.69. The molecule has 7 unspecified atom stereocenters. The van der Waals surface area contributed by atoms with Gasteiger partial charge in [0.25, 0.3) is 5.56 Å². The van der Waals surface area contributed by atoms with Gasteiger partial charge in [0.1, 0.15) is 5.82 Å². The van der Waals surface area contributed by atoms with Crippen LogP contribution in [-0.4, -0.2) is 15.0 Å². The van der Waals surface area contributed by atoms with Gasteiger partial charge in [0, 0.05) is 12.6 Å². The molecule has 0 aromatic carbocycles. The Balaban J connectivity index is 1.13. The van der Waals surface area contributed by atoms with E-state index in [4.69, 9.17) is 0 Å². The van der Waals surface area contributed by atoms with Gasteiger partial charge in [-0.3, -0.25) is 4.79 Å². The van der Waals surface area contributed by atoms with Crippen molar-refractivity contribution in [2.45, 2.75) is 97.3 Å². The molecule has 4 saturated carbocycles. The Morgan fingerprint density at radius 2 is 1.88 bits per heavy atom. The van der Waals surface area contributed by atoms with Gasteiger partial charge in [-0.2, -0.15) is 0 Å². The zero-order chi connectivity index (χ0) is 22.6. The number of hydrogen-bond acceptors (Lipinski definition) is 3. The molecule has 0 bridgehead atoms. The topological polar surface area (TPSA) is 58.6 Å². The Morgan fingerprint density at radius 1 is 1.00 bits per heavy atom. The Kier molecular flexibility index (Phi) is 5.42. The van der Waals surface area contributed by atoms with Crippen LogP contribution in [0.25, 0.3) is 11.0 Å². The average Bonchev–Trinajstić information content (AvgIpc) is 3.15.